The van der Waals surface area contributed by atoms with Gasteiger partial charge in [0, 0.05) is 33.9 Å². The molecular formula is C72H59IN6O7S3. The van der Waals surface area contributed by atoms with E-state index in [0.29, 0.717) is 22.2 Å². The predicted molar refractivity (Wildman–Crippen MR) is 344 cm³/mol. The van der Waals surface area contributed by atoms with Gasteiger partial charge >= 0.3 is 11.9 Å². The number of rotatable bonds is 23. The molecule has 2 aliphatic rings. The van der Waals surface area contributed by atoms with E-state index in [-0.39, 0.29) is 54.2 Å². The molecule has 0 aliphatic carbocycles. The third kappa shape index (κ3) is 14.2. The van der Waals surface area contributed by atoms with E-state index in [9.17, 15) is 14.4 Å². The fourth-order valence-corrected chi connectivity index (χ4v) is 13.9. The maximum Gasteiger partial charge on any atom is 0.373 e. The van der Waals surface area contributed by atoms with Crippen LogP contribution in [-0.2, 0) is 52.2 Å². The second-order valence-electron chi connectivity index (χ2n) is 20.8. The van der Waals surface area contributed by atoms with E-state index in [2.05, 4.69) is 52.2 Å². The van der Waals surface area contributed by atoms with Crippen molar-refractivity contribution in [1.82, 2.24) is 15.2 Å². The number of benzene rings is 8. The molecule has 8 aromatic carbocycles. The molecular weight excluding hydrogens is 1280 g/mol. The Morgan fingerprint density at radius 2 is 1.09 bits per heavy atom. The summed E-state index contributed by atoms with van der Waals surface area (Å²) in [6.07, 6.45) is 2.26. The van der Waals surface area contributed by atoms with Crippen LogP contribution in [0.1, 0.15) is 62.4 Å². The Hall–Kier alpha value is -9.14. The number of esters is 2. The van der Waals surface area contributed by atoms with E-state index in [1.807, 2.05) is 231 Å². The number of pyridine rings is 1. The van der Waals surface area contributed by atoms with Crippen LogP contribution in [0.3, 0.4) is 0 Å². The number of hydrogen-bond acceptors (Lipinski definition) is 13. The zero-order valence-electron chi connectivity index (χ0n) is 47.9. The van der Waals surface area contributed by atoms with Crippen LogP contribution in [0.15, 0.2) is 294 Å². The number of carbonyl (C=O) groups is 4. The summed E-state index contributed by atoms with van der Waals surface area (Å²) in [4.78, 5) is 71.6. The number of amides is 2. The highest BCUT2D eigenvalue weighted by Gasteiger charge is 2.55. The maximum absolute atomic E-state index is 15.1. The van der Waals surface area contributed by atoms with Crippen molar-refractivity contribution in [3.8, 4) is 0 Å². The van der Waals surface area contributed by atoms with Gasteiger partial charge in [0.1, 0.15) is 35.0 Å². The SMILES string of the molecule is O=C(C[n+]1ccc(SCC2=C(C(=O)OC(c3ccccc3)c3ccccc3)N3C(=O)C(NC(=O)C(=NOCc4ccccc4)c4csc(NC(c5ccccc5)(c5ccccc5)c5ccccc5)n4)[C@@H]3SC2)cc1)OC(c1ccccc1)c1ccccc1.[I-]. The topological polar surface area (TPSA) is 152 Å². The number of hydrogen-bond donors (Lipinski definition) is 2. The molecule has 2 aromatic heterocycles. The van der Waals surface area contributed by atoms with Crippen molar-refractivity contribution in [1.29, 1.82) is 0 Å². The largest absolute Gasteiger partial charge is 1.00 e. The van der Waals surface area contributed by atoms with E-state index < -0.39 is 52.9 Å². The highest BCUT2D eigenvalue weighted by atomic mass is 127. The maximum atomic E-state index is 15.1. The van der Waals surface area contributed by atoms with Crippen LogP contribution >= 0.6 is 34.9 Å². The van der Waals surface area contributed by atoms with Gasteiger partial charge in [-0.1, -0.05) is 248 Å². The fraction of sp³-hybridized carbons (Fsp3) is 0.125. The third-order valence-corrected chi connectivity index (χ3v) is 18.3. The van der Waals surface area contributed by atoms with Crippen LogP contribution in [0.2, 0.25) is 0 Å². The number of halogens is 1. The molecule has 444 valence electrons. The minimum atomic E-state index is -1.06. The lowest BCUT2D eigenvalue weighted by Crippen LogP contribution is -3.00. The van der Waals surface area contributed by atoms with Crippen molar-refractivity contribution in [2.24, 2.45) is 5.16 Å². The fourth-order valence-electron chi connectivity index (χ4n) is 10.8. The zero-order chi connectivity index (χ0) is 60.1. The molecule has 2 aliphatic heterocycles. The Bertz CT molecular complexity index is 3890. The van der Waals surface area contributed by atoms with Crippen molar-refractivity contribution < 1.29 is 62.0 Å². The molecule has 89 heavy (non-hydrogen) atoms. The van der Waals surface area contributed by atoms with Crippen molar-refractivity contribution in [3.05, 3.63) is 334 Å². The van der Waals surface area contributed by atoms with Crippen molar-refractivity contribution in [2.45, 2.75) is 47.2 Å². The standard InChI is InChI=1S/C72H58N6O7S3.HI/c79-61(84-65(51-27-11-2-12-28-51)52-29-13-3-14-30-52)45-77-43-41-59(42-44-77)86-47-55-48-87-69-63(68(81)78(69)64(55)70(82)85-66(53-31-15-4-16-32-53)54-33-17-5-18-34-54)74-67(80)62(76-83-46-50-25-9-1-10-26-50)60-49-88-71(73-60)75-72(56-35-19-6-20-36-56,57-37-21-7-22-38-57)58-39-23-8-24-40-58;/h1-44,49,63,65-66,69H,45-48H2,(H-,73,74,75,80);1H/t63?,69-;/m0./s1. The van der Waals surface area contributed by atoms with Crippen molar-refractivity contribution in [2.75, 3.05) is 16.8 Å². The van der Waals surface area contributed by atoms with Crippen LogP contribution in [0.25, 0.3) is 0 Å². The summed E-state index contributed by atoms with van der Waals surface area (Å²) < 4.78 is 14.4. The first-order valence-electron chi connectivity index (χ1n) is 28.6. The predicted octanol–water partition coefficient (Wildman–Crippen LogP) is 9.87. The molecule has 0 saturated carbocycles. The van der Waals surface area contributed by atoms with Gasteiger partial charge in [-0.3, -0.25) is 14.5 Å². The molecule has 0 bridgehead atoms. The first-order valence-corrected chi connectivity index (χ1v) is 31.5. The average Bonchev–Trinajstić information content (AvgIpc) is 1.17. The van der Waals surface area contributed by atoms with Crippen LogP contribution in [-0.4, -0.2) is 62.3 Å². The minimum Gasteiger partial charge on any atom is -1.00 e. The van der Waals surface area contributed by atoms with Crippen molar-refractivity contribution in [3.63, 3.8) is 0 Å². The van der Waals surface area contributed by atoms with E-state index in [4.69, 9.17) is 19.3 Å². The Morgan fingerprint density at radius 3 is 1.58 bits per heavy atom. The van der Waals surface area contributed by atoms with Gasteiger partial charge < -0.3 is 48.9 Å². The zero-order valence-corrected chi connectivity index (χ0v) is 52.5. The molecule has 2 atom stereocenters. The van der Waals surface area contributed by atoms with Gasteiger partial charge in [0.05, 0.1) is 0 Å². The quantitative estimate of drug-likeness (QED) is 0.00921. The summed E-state index contributed by atoms with van der Waals surface area (Å²) in [7, 11) is 0. The number of oxime groups is 1. The van der Waals surface area contributed by atoms with E-state index >= 15 is 4.79 Å². The van der Waals surface area contributed by atoms with Gasteiger partial charge in [-0.05, 0) is 50.1 Å². The molecule has 13 nitrogen and oxygen atoms in total. The van der Waals surface area contributed by atoms with Crippen LogP contribution in [0, 0.1) is 0 Å². The Balaban J connectivity index is 0.00000817. The smallest absolute Gasteiger partial charge is 0.373 e. The number of thioether (sulfide) groups is 2. The molecule has 2 amide bonds. The summed E-state index contributed by atoms with van der Waals surface area (Å²) in [6.45, 7) is 0.0427. The second kappa shape index (κ2) is 29.2. The number of aromatic nitrogens is 2. The van der Waals surface area contributed by atoms with Crippen molar-refractivity contribution >= 4 is 69.5 Å². The summed E-state index contributed by atoms with van der Waals surface area (Å²) in [6, 6.07) is 80.9. The third-order valence-electron chi connectivity index (χ3n) is 15.1. The Labute approximate surface area is 545 Å². The average molecular weight is 1340 g/mol. The van der Waals surface area contributed by atoms with Crippen LogP contribution < -0.4 is 39.2 Å². The first kappa shape index (κ1) is 61.5. The van der Waals surface area contributed by atoms with Crippen LogP contribution in [0.5, 0.6) is 0 Å². The summed E-state index contributed by atoms with van der Waals surface area (Å²) >= 11 is 4.23. The second-order valence-corrected chi connectivity index (χ2v) is 23.8. The van der Waals surface area contributed by atoms with Gasteiger partial charge in [-0.2, -0.15) is 4.57 Å². The lowest BCUT2D eigenvalue weighted by Gasteiger charge is -2.49. The summed E-state index contributed by atoms with van der Waals surface area (Å²) in [5.74, 6) is -1.59. The molecule has 1 saturated heterocycles. The molecule has 1 unspecified atom stereocenters. The number of anilines is 1. The molecule has 1 fully saturated rings. The molecule has 2 N–H and O–H groups in total. The minimum absolute atomic E-state index is 0. The molecule has 4 heterocycles. The summed E-state index contributed by atoms with van der Waals surface area (Å²) in [5.41, 5.74) is 6.97. The van der Waals surface area contributed by atoms with Gasteiger partial charge in [-0.25, -0.2) is 14.6 Å². The summed E-state index contributed by atoms with van der Waals surface area (Å²) in [5, 5.41) is 12.8. The van der Waals surface area contributed by atoms with E-state index in [1.54, 1.807) is 9.95 Å². The van der Waals surface area contributed by atoms with E-state index in [0.717, 1.165) is 49.4 Å². The first-order chi connectivity index (χ1) is 43.3. The number of thiazole rings is 1. The number of ether oxygens (including phenoxy) is 2. The monoisotopic (exact) mass is 1340 g/mol. The number of nitrogens with one attached hydrogen (secondary N) is 2. The molecule has 0 radical (unpaired) electrons. The number of carbonyl (C=O) groups excluding carboxylic acids is 4. The number of β-lactam (4-membered cyclic amide) rings is 1. The van der Waals surface area contributed by atoms with Gasteiger partial charge in [-0.15, -0.1) is 34.9 Å². The number of fused-ring (bicyclic) bond motifs is 1. The molecule has 10 aromatic rings. The Kier molecular flexibility index (Phi) is 20.2. The molecule has 12 rings (SSSR count). The van der Waals surface area contributed by atoms with Gasteiger partial charge in [0.25, 0.3) is 11.8 Å². The number of nitrogens with zero attached hydrogens (tertiary/aromatic N) is 4. The highest BCUT2D eigenvalue weighted by Crippen LogP contribution is 2.44. The lowest BCUT2D eigenvalue weighted by molar-refractivity contribution is -0.686. The normalized spacial score (nSPS) is 14.7. The molecule has 0 spiro atoms. The Morgan fingerprint density at radius 1 is 0.629 bits per heavy atom. The highest BCUT2D eigenvalue weighted by molar-refractivity contribution is 8.01. The van der Waals surface area contributed by atoms with Gasteiger partial charge in [0.15, 0.2) is 35.4 Å². The molecule has 17 heteroatoms. The van der Waals surface area contributed by atoms with Gasteiger partial charge in [0.2, 0.25) is 6.54 Å². The van der Waals surface area contributed by atoms with E-state index in [1.165, 1.54) is 39.8 Å². The lowest BCUT2D eigenvalue weighted by atomic mass is 9.77. The van der Waals surface area contributed by atoms with Crippen LogP contribution in [0.4, 0.5) is 5.13 Å².